The second kappa shape index (κ2) is 4.19. The maximum atomic E-state index is 9.00. The summed E-state index contributed by atoms with van der Waals surface area (Å²) < 4.78 is 5.58. The molecule has 17 heavy (non-hydrogen) atoms. The number of H-pyrrole nitrogens is 1. The molecule has 1 aromatic carbocycles. The zero-order valence-electron chi connectivity index (χ0n) is 9.44. The molecule has 1 fully saturated rings. The molecule has 3 rings (SSSR count). The lowest BCUT2D eigenvalue weighted by Crippen LogP contribution is -2.09. The highest BCUT2D eigenvalue weighted by Gasteiger charge is 2.18. The molecule has 1 saturated heterocycles. The summed E-state index contributed by atoms with van der Waals surface area (Å²) in [4.78, 5) is 7.74. The Hall–Kier alpha value is -1.86. The van der Waals surface area contributed by atoms with Gasteiger partial charge < -0.3 is 9.72 Å². The molecule has 0 aliphatic carbocycles. The molecule has 4 nitrogen and oxygen atoms in total. The van der Waals surface area contributed by atoms with Crippen LogP contribution in [0.4, 0.5) is 0 Å². The molecule has 0 bridgehead atoms. The molecule has 1 atom stereocenters. The molecule has 0 saturated carbocycles. The number of ether oxygens (including phenoxy) is 1. The third-order valence-corrected chi connectivity index (χ3v) is 3.13. The Bertz CT molecular complexity index is 576. The molecule has 1 unspecified atom stereocenters. The largest absolute Gasteiger partial charge is 0.378 e. The number of aromatic nitrogens is 2. The van der Waals surface area contributed by atoms with E-state index in [1.807, 2.05) is 12.1 Å². The molecule has 86 valence electrons. The second-order valence-corrected chi connectivity index (χ2v) is 4.34. The first-order valence-electron chi connectivity index (χ1n) is 5.86. The van der Waals surface area contributed by atoms with Crippen LogP contribution < -0.4 is 0 Å². The number of aromatic amines is 1. The molecule has 1 N–H and O–H groups in total. The Morgan fingerprint density at radius 3 is 3.24 bits per heavy atom. The van der Waals surface area contributed by atoms with E-state index in [4.69, 9.17) is 10.00 Å². The lowest BCUT2D eigenvalue weighted by Gasteiger charge is -2.05. The summed E-state index contributed by atoms with van der Waals surface area (Å²) in [5.74, 6) is 0.912. The van der Waals surface area contributed by atoms with Crippen LogP contribution in [-0.4, -0.2) is 22.7 Å². The number of benzene rings is 1. The van der Waals surface area contributed by atoms with Gasteiger partial charge in [-0.2, -0.15) is 5.26 Å². The van der Waals surface area contributed by atoms with Crippen LogP contribution in [0.1, 0.15) is 24.2 Å². The quantitative estimate of drug-likeness (QED) is 0.855. The van der Waals surface area contributed by atoms with Crippen molar-refractivity contribution in [2.75, 3.05) is 6.61 Å². The first kappa shape index (κ1) is 10.3. The molecule has 0 amide bonds. The van der Waals surface area contributed by atoms with Crippen molar-refractivity contribution in [3.05, 3.63) is 29.6 Å². The van der Waals surface area contributed by atoms with E-state index in [1.54, 1.807) is 6.07 Å². The van der Waals surface area contributed by atoms with E-state index >= 15 is 0 Å². The number of nitriles is 1. The molecule has 1 aliphatic rings. The van der Waals surface area contributed by atoms with Crippen molar-refractivity contribution in [2.24, 2.45) is 0 Å². The van der Waals surface area contributed by atoms with E-state index in [9.17, 15) is 0 Å². The molecule has 1 aromatic heterocycles. The summed E-state index contributed by atoms with van der Waals surface area (Å²) >= 11 is 0. The number of rotatable bonds is 2. The number of nitrogens with one attached hydrogen (secondary N) is 1. The van der Waals surface area contributed by atoms with Gasteiger partial charge in [0.2, 0.25) is 0 Å². The van der Waals surface area contributed by atoms with Crippen LogP contribution in [0, 0.1) is 11.3 Å². The topological polar surface area (TPSA) is 61.7 Å². The standard InChI is InChI=1S/C13H13N3O/c14-8-9-3-1-5-11-13(9)16-12(15-11)7-10-4-2-6-17-10/h1,3,5,10H,2,4,6-7H2,(H,15,16). The Labute approximate surface area is 99.2 Å². The molecule has 4 heteroatoms. The highest BCUT2D eigenvalue weighted by molar-refractivity contribution is 5.81. The summed E-state index contributed by atoms with van der Waals surface area (Å²) in [5, 5.41) is 9.00. The fourth-order valence-corrected chi connectivity index (χ4v) is 2.29. The van der Waals surface area contributed by atoms with Crippen molar-refractivity contribution in [3.63, 3.8) is 0 Å². The van der Waals surface area contributed by atoms with Crippen molar-refractivity contribution in [1.29, 1.82) is 5.26 Å². The van der Waals surface area contributed by atoms with Gasteiger partial charge in [0, 0.05) is 13.0 Å². The Balaban J connectivity index is 1.93. The van der Waals surface area contributed by atoms with E-state index in [0.717, 1.165) is 42.7 Å². The van der Waals surface area contributed by atoms with Gasteiger partial charge in [-0.15, -0.1) is 0 Å². The molecule has 2 heterocycles. The van der Waals surface area contributed by atoms with Crippen LogP contribution in [-0.2, 0) is 11.2 Å². The van der Waals surface area contributed by atoms with Crippen LogP contribution in [0.5, 0.6) is 0 Å². The van der Waals surface area contributed by atoms with Crippen molar-refractivity contribution < 1.29 is 4.74 Å². The number of hydrogen-bond acceptors (Lipinski definition) is 3. The lowest BCUT2D eigenvalue weighted by atomic mass is 10.2. The van der Waals surface area contributed by atoms with Crippen molar-refractivity contribution in [3.8, 4) is 6.07 Å². The second-order valence-electron chi connectivity index (χ2n) is 4.34. The third-order valence-electron chi connectivity index (χ3n) is 3.13. The van der Waals surface area contributed by atoms with Crippen molar-refractivity contribution in [1.82, 2.24) is 9.97 Å². The fourth-order valence-electron chi connectivity index (χ4n) is 2.29. The maximum Gasteiger partial charge on any atom is 0.109 e. The number of nitrogens with zero attached hydrogens (tertiary/aromatic N) is 2. The minimum absolute atomic E-state index is 0.279. The van der Waals surface area contributed by atoms with Crippen LogP contribution in [0.25, 0.3) is 11.0 Å². The average molecular weight is 227 g/mol. The normalized spacial score (nSPS) is 19.6. The SMILES string of the molecule is N#Cc1cccc2[nH]c(CC3CCCO3)nc12. The smallest absolute Gasteiger partial charge is 0.109 e. The molecule has 0 radical (unpaired) electrons. The van der Waals surface area contributed by atoms with E-state index in [2.05, 4.69) is 16.0 Å². The Kier molecular flexibility index (Phi) is 2.54. The van der Waals surface area contributed by atoms with Gasteiger partial charge in [0.25, 0.3) is 0 Å². The first-order chi connectivity index (χ1) is 8.36. The number of para-hydroxylation sites is 1. The average Bonchev–Trinajstić information content (AvgIpc) is 2.97. The van der Waals surface area contributed by atoms with E-state index < -0.39 is 0 Å². The summed E-state index contributed by atoms with van der Waals surface area (Å²) in [5.41, 5.74) is 2.32. The van der Waals surface area contributed by atoms with Crippen LogP contribution >= 0.6 is 0 Å². The van der Waals surface area contributed by atoms with Crippen molar-refractivity contribution in [2.45, 2.75) is 25.4 Å². The molecular weight excluding hydrogens is 214 g/mol. The highest BCUT2D eigenvalue weighted by atomic mass is 16.5. The summed E-state index contributed by atoms with van der Waals surface area (Å²) in [6.07, 6.45) is 3.32. The number of hydrogen-bond donors (Lipinski definition) is 1. The van der Waals surface area contributed by atoms with Gasteiger partial charge >= 0.3 is 0 Å². The maximum absolute atomic E-state index is 9.00. The number of fused-ring (bicyclic) bond motifs is 1. The molecule has 0 spiro atoms. The predicted molar refractivity (Wildman–Crippen MR) is 63.5 cm³/mol. The van der Waals surface area contributed by atoms with Gasteiger partial charge in [-0.25, -0.2) is 4.98 Å². The van der Waals surface area contributed by atoms with Gasteiger partial charge in [-0.1, -0.05) is 6.07 Å². The van der Waals surface area contributed by atoms with Gasteiger partial charge in [-0.3, -0.25) is 0 Å². The van der Waals surface area contributed by atoms with E-state index in [1.165, 1.54) is 0 Å². The summed E-state index contributed by atoms with van der Waals surface area (Å²) in [6.45, 7) is 0.855. The third kappa shape index (κ3) is 1.90. The molecule has 2 aromatic rings. The van der Waals surface area contributed by atoms with Crippen LogP contribution in [0.3, 0.4) is 0 Å². The molecule has 1 aliphatic heterocycles. The lowest BCUT2D eigenvalue weighted by molar-refractivity contribution is 0.110. The highest BCUT2D eigenvalue weighted by Crippen LogP contribution is 2.19. The summed E-state index contributed by atoms with van der Waals surface area (Å²) in [6, 6.07) is 7.77. The zero-order valence-corrected chi connectivity index (χ0v) is 9.44. The molecular formula is C13H13N3O. The first-order valence-corrected chi connectivity index (χ1v) is 5.86. The van der Waals surface area contributed by atoms with Gasteiger partial charge in [0.15, 0.2) is 0 Å². The minimum atomic E-state index is 0.279. The van der Waals surface area contributed by atoms with Crippen molar-refractivity contribution >= 4 is 11.0 Å². The van der Waals surface area contributed by atoms with Crippen LogP contribution in [0.15, 0.2) is 18.2 Å². The summed E-state index contributed by atoms with van der Waals surface area (Å²) in [7, 11) is 0. The number of imidazole rings is 1. The minimum Gasteiger partial charge on any atom is -0.378 e. The van der Waals surface area contributed by atoms with E-state index in [0.29, 0.717) is 5.56 Å². The monoisotopic (exact) mass is 227 g/mol. The Morgan fingerprint density at radius 2 is 2.47 bits per heavy atom. The van der Waals surface area contributed by atoms with Gasteiger partial charge in [-0.05, 0) is 25.0 Å². The Morgan fingerprint density at radius 1 is 1.53 bits per heavy atom. The van der Waals surface area contributed by atoms with Gasteiger partial charge in [0.05, 0.1) is 17.2 Å². The van der Waals surface area contributed by atoms with Gasteiger partial charge in [0.1, 0.15) is 17.4 Å². The van der Waals surface area contributed by atoms with Crippen LogP contribution in [0.2, 0.25) is 0 Å². The predicted octanol–water partition coefficient (Wildman–Crippen LogP) is 2.16. The zero-order chi connectivity index (χ0) is 11.7. The fraction of sp³-hybridized carbons (Fsp3) is 0.385. The van der Waals surface area contributed by atoms with E-state index in [-0.39, 0.29) is 6.10 Å².